The van der Waals surface area contributed by atoms with Crippen molar-refractivity contribution in [1.29, 1.82) is 0 Å². The Morgan fingerprint density at radius 2 is 1.81 bits per heavy atom. The first-order chi connectivity index (χ1) is 9.52. The number of rotatable bonds is 8. The molecule has 1 amide bonds. The van der Waals surface area contributed by atoms with Gasteiger partial charge in [0.15, 0.2) is 6.61 Å². The van der Waals surface area contributed by atoms with Gasteiger partial charge in [-0.25, -0.2) is 0 Å². The molecule has 4 nitrogen and oxygen atoms in total. The Morgan fingerprint density at radius 3 is 2.33 bits per heavy atom. The lowest BCUT2D eigenvalue weighted by Crippen LogP contribution is -2.40. The van der Waals surface area contributed by atoms with Crippen molar-refractivity contribution in [2.24, 2.45) is 0 Å². The standard InChI is InChI=1S/C16H26N2O2.ClH/c1-5-17-13(4)10-18-16(19)11-20-15-8-6-14(7-9-15)12(2)3;/h6-9,12-13,17H,5,10-11H2,1-4H3,(H,18,19);1H/t13-;/m1./s1. The van der Waals surface area contributed by atoms with Crippen molar-refractivity contribution in [3.05, 3.63) is 29.8 Å². The zero-order valence-electron chi connectivity index (χ0n) is 13.3. The fourth-order valence-corrected chi connectivity index (χ4v) is 1.84. The summed E-state index contributed by atoms with van der Waals surface area (Å²) in [5.74, 6) is 1.13. The van der Waals surface area contributed by atoms with Crippen LogP contribution in [0.4, 0.5) is 0 Å². The third-order valence-corrected chi connectivity index (χ3v) is 3.07. The van der Waals surface area contributed by atoms with Gasteiger partial charge in [0.1, 0.15) is 5.75 Å². The molecule has 1 aromatic rings. The Balaban J connectivity index is 0.00000400. The summed E-state index contributed by atoms with van der Waals surface area (Å²) in [4.78, 5) is 11.6. The molecule has 0 aliphatic heterocycles. The minimum Gasteiger partial charge on any atom is -0.484 e. The molecule has 0 saturated carbocycles. The SMILES string of the molecule is CCN[C@H](C)CNC(=O)COc1ccc(C(C)C)cc1.Cl. The fourth-order valence-electron chi connectivity index (χ4n) is 1.84. The van der Waals surface area contributed by atoms with Crippen LogP contribution in [-0.4, -0.2) is 31.6 Å². The Hall–Kier alpha value is -1.26. The third-order valence-electron chi connectivity index (χ3n) is 3.07. The first-order valence-electron chi connectivity index (χ1n) is 7.25. The van der Waals surface area contributed by atoms with Gasteiger partial charge in [-0.15, -0.1) is 12.4 Å². The van der Waals surface area contributed by atoms with Gasteiger partial charge in [0.25, 0.3) is 5.91 Å². The van der Waals surface area contributed by atoms with E-state index in [0.29, 0.717) is 12.5 Å². The molecule has 0 aliphatic carbocycles. The van der Waals surface area contributed by atoms with Gasteiger partial charge in [0.2, 0.25) is 0 Å². The molecule has 0 bridgehead atoms. The summed E-state index contributed by atoms with van der Waals surface area (Å²) in [6.07, 6.45) is 0. The molecular weight excluding hydrogens is 288 g/mol. The van der Waals surface area contributed by atoms with E-state index in [-0.39, 0.29) is 31.0 Å². The monoisotopic (exact) mass is 314 g/mol. The number of halogens is 1. The molecule has 1 rings (SSSR count). The van der Waals surface area contributed by atoms with Crippen LogP contribution < -0.4 is 15.4 Å². The van der Waals surface area contributed by atoms with Crippen LogP contribution in [0.5, 0.6) is 5.75 Å². The molecule has 0 unspecified atom stereocenters. The summed E-state index contributed by atoms with van der Waals surface area (Å²) in [6.45, 7) is 9.94. The van der Waals surface area contributed by atoms with Crippen LogP contribution in [0.15, 0.2) is 24.3 Å². The second-order valence-corrected chi connectivity index (χ2v) is 5.28. The van der Waals surface area contributed by atoms with E-state index < -0.39 is 0 Å². The Kier molecular flexibility index (Phi) is 9.84. The van der Waals surface area contributed by atoms with E-state index in [0.717, 1.165) is 12.3 Å². The Labute approximate surface area is 134 Å². The number of hydrogen-bond acceptors (Lipinski definition) is 3. The van der Waals surface area contributed by atoms with Crippen LogP contribution in [0.1, 0.15) is 39.2 Å². The molecule has 0 aromatic heterocycles. The summed E-state index contributed by atoms with van der Waals surface area (Å²) < 4.78 is 5.46. The van der Waals surface area contributed by atoms with E-state index in [9.17, 15) is 4.79 Å². The van der Waals surface area contributed by atoms with Crippen molar-refractivity contribution in [2.45, 2.75) is 39.7 Å². The topological polar surface area (TPSA) is 50.4 Å². The molecule has 0 spiro atoms. The molecule has 0 radical (unpaired) electrons. The predicted molar refractivity (Wildman–Crippen MR) is 89.4 cm³/mol. The van der Waals surface area contributed by atoms with Crippen molar-refractivity contribution in [2.75, 3.05) is 19.7 Å². The Morgan fingerprint density at radius 1 is 1.19 bits per heavy atom. The molecular formula is C16H27ClN2O2. The first-order valence-corrected chi connectivity index (χ1v) is 7.25. The van der Waals surface area contributed by atoms with Gasteiger partial charge in [-0.2, -0.15) is 0 Å². The first kappa shape index (κ1) is 19.7. The van der Waals surface area contributed by atoms with E-state index in [1.54, 1.807) is 0 Å². The van der Waals surface area contributed by atoms with E-state index >= 15 is 0 Å². The number of hydrogen-bond donors (Lipinski definition) is 2. The molecule has 1 atom stereocenters. The Bertz CT molecular complexity index is 407. The number of benzene rings is 1. The van der Waals surface area contributed by atoms with Crippen molar-refractivity contribution in [3.8, 4) is 5.75 Å². The molecule has 1 aromatic carbocycles. The van der Waals surface area contributed by atoms with Crippen molar-refractivity contribution in [3.63, 3.8) is 0 Å². The smallest absolute Gasteiger partial charge is 0.257 e. The van der Waals surface area contributed by atoms with Crippen molar-refractivity contribution in [1.82, 2.24) is 10.6 Å². The minimum atomic E-state index is -0.0947. The zero-order valence-corrected chi connectivity index (χ0v) is 14.1. The third kappa shape index (κ3) is 7.93. The van der Waals surface area contributed by atoms with Gasteiger partial charge >= 0.3 is 0 Å². The van der Waals surface area contributed by atoms with Crippen molar-refractivity contribution >= 4 is 18.3 Å². The van der Waals surface area contributed by atoms with Crippen LogP contribution in [-0.2, 0) is 4.79 Å². The maximum atomic E-state index is 11.6. The molecule has 0 fully saturated rings. The molecule has 0 saturated heterocycles. The number of carbonyl (C=O) groups excluding carboxylic acids is 1. The number of amides is 1. The van der Waals surface area contributed by atoms with Crippen LogP contribution in [0.2, 0.25) is 0 Å². The zero-order chi connectivity index (χ0) is 15.0. The quantitative estimate of drug-likeness (QED) is 0.775. The maximum Gasteiger partial charge on any atom is 0.257 e. The van der Waals surface area contributed by atoms with Crippen LogP contribution in [0, 0.1) is 0 Å². The minimum absolute atomic E-state index is 0. The highest BCUT2D eigenvalue weighted by Gasteiger charge is 2.05. The molecule has 5 heteroatoms. The molecule has 0 aliphatic rings. The summed E-state index contributed by atoms with van der Waals surface area (Å²) in [5.41, 5.74) is 1.27. The maximum absolute atomic E-state index is 11.6. The largest absolute Gasteiger partial charge is 0.484 e. The summed E-state index contributed by atoms with van der Waals surface area (Å²) >= 11 is 0. The average Bonchev–Trinajstić information content (AvgIpc) is 2.43. The summed E-state index contributed by atoms with van der Waals surface area (Å²) in [5, 5.41) is 6.08. The normalized spacial score (nSPS) is 11.7. The van der Waals surface area contributed by atoms with Gasteiger partial charge in [0, 0.05) is 12.6 Å². The van der Waals surface area contributed by atoms with Crippen LogP contribution >= 0.6 is 12.4 Å². The summed E-state index contributed by atoms with van der Waals surface area (Å²) in [7, 11) is 0. The van der Waals surface area contributed by atoms with E-state index in [2.05, 4.69) is 24.5 Å². The highest BCUT2D eigenvalue weighted by Crippen LogP contribution is 2.18. The van der Waals surface area contributed by atoms with Gasteiger partial charge < -0.3 is 15.4 Å². The van der Waals surface area contributed by atoms with Gasteiger partial charge in [-0.05, 0) is 37.1 Å². The molecule has 0 heterocycles. The second kappa shape index (κ2) is 10.5. The van der Waals surface area contributed by atoms with Crippen molar-refractivity contribution < 1.29 is 9.53 Å². The van der Waals surface area contributed by atoms with Gasteiger partial charge in [0.05, 0.1) is 0 Å². The number of ether oxygens (including phenoxy) is 1. The van der Waals surface area contributed by atoms with Crippen LogP contribution in [0.3, 0.4) is 0 Å². The molecule has 2 N–H and O–H groups in total. The van der Waals surface area contributed by atoms with Gasteiger partial charge in [-0.3, -0.25) is 4.79 Å². The lowest BCUT2D eigenvalue weighted by atomic mass is 10.0. The summed E-state index contributed by atoms with van der Waals surface area (Å²) in [6, 6.07) is 8.15. The highest BCUT2D eigenvalue weighted by atomic mass is 35.5. The highest BCUT2D eigenvalue weighted by molar-refractivity contribution is 5.85. The number of carbonyl (C=O) groups is 1. The lowest BCUT2D eigenvalue weighted by molar-refractivity contribution is -0.123. The van der Waals surface area contributed by atoms with Gasteiger partial charge in [-0.1, -0.05) is 32.9 Å². The molecule has 120 valence electrons. The van der Waals surface area contributed by atoms with Crippen LogP contribution in [0.25, 0.3) is 0 Å². The molecule has 21 heavy (non-hydrogen) atoms. The van der Waals surface area contributed by atoms with E-state index in [1.807, 2.05) is 38.1 Å². The van der Waals surface area contributed by atoms with E-state index in [4.69, 9.17) is 4.74 Å². The number of nitrogens with one attached hydrogen (secondary N) is 2. The second-order valence-electron chi connectivity index (χ2n) is 5.28. The van der Waals surface area contributed by atoms with E-state index in [1.165, 1.54) is 5.56 Å². The predicted octanol–water partition coefficient (Wildman–Crippen LogP) is 2.72. The average molecular weight is 315 g/mol. The fraction of sp³-hybridized carbons (Fsp3) is 0.562. The number of likely N-dealkylation sites (N-methyl/N-ethyl adjacent to an activating group) is 1. The lowest BCUT2D eigenvalue weighted by Gasteiger charge is -2.13.